The van der Waals surface area contributed by atoms with Crippen LogP contribution in [0.5, 0.6) is 0 Å². The summed E-state index contributed by atoms with van der Waals surface area (Å²) < 4.78 is 0. The van der Waals surface area contributed by atoms with Crippen LogP contribution in [0.2, 0.25) is 0 Å². The molecule has 4 nitrogen and oxygen atoms in total. The van der Waals surface area contributed by atoms with Gasteiger partial charge in [-0.15, -0.1) is 0 Å². The number of carbonyl (C=O) groups excluding carboxylic acids is 1. The Bertz CT molecular complexity index is 889. The predicted octanol–water partition coefficient (Wildman–Crippen LogP) is 4.74. The number of benzene rings is 2. The average molecular weight is 366 g/mol. The molecule has 26 heavy (non-hydrogen) atoms. The van der Waals surface area contributed by atoms with Crippen molar-refractivity contribution < 1.29 is 4.79 Å². The number of H-pyrrole nitrogens is 1. The number of amides is 1. The highest BCUT2D eigenvalue weighted by atomic mass is 32.2. The van der Waals surface area contributed by atoms with Crippen LogP contribution in [0.25, 0.3) is 0 Å². The number of rotatable bonds is 6. The first kappa shape index (κ1) is 18.3. The van der Waals surface area contributed by atoms with E-state index < -0.39 is 0 Å². The number of imidazole rings is 1. The first-order chi connectivity index (χ1) is 12.5. The van der Waals surface area contributed by atoms with Crippen LogP contribution in [-0.2, 0) is 11.2 Å². The number of hydrogen-bond acceptors (Lipinski definition) is 3. The molecule has 0 aliphatic rings. The predicted molar refractivity (Wildman–Crippen MR) is 108 cm³/mol. The van der Waals surface area contributed by atoms with Gasteiger partial charge in [-0.2, -0.15) is 0 Å². The Morgan fingerprint density at radius 1 is 1.12 bits per heavy atom. The maximum absolute atomic E-state index is 12.5. The largest absolute Gasteiger partial charge is 0.337 e. The molecule has 1 heterocycles. The quantitative estimate of drug-likeness (QED) is 0.621. The molecular weight excluding hydrogens is 342 g/mol. The van der Waals surface area contributed by atoms with Crippen molar-refractivity contribution in [1.29, 1.82) is 0 Å². The number of nitrogens with one attached hydrogen (secondary N) is 2. The zero-order chi connectivity index (χ0) is 18.5. The fourth-order valence-electron chi connectivity index (χ4n) is 2.65. The van der Waals surface area contributed by atoms with E-state index in [1.165, 1.54) is 17.3 Å². The molecule has 0 fully saturated rings. The van der Waals surface area contributed by atoms with Gasteiger partial charge in [-0.25, -0.2) is 4.98 Å². The number of hydrogen-bond donors (Lipinski definition) is 2. The van der Waals surface area contributed by atoms with Crippen LogP contribution >= 0.6 is 11.8 Å². The molecule has 3 rings (SSSR count). The maximum atomic E-state index is 12.5. The molecule has 1 atom stereocenters. The molecule has 134 valence electrons. The fraction of sp³-hybridized carbons (Fsp3) is 0.238. The number of nitrogens with zero attached hydrogens (tertiary/aromatic N) is 1. The molecule has 0 spiro atoms. The van der Waals surface area contributed by atoms with Crippen molar-refractivity contribution in [3.05, 3.63) is 77.1 Å². The lowest BCUT2D eigenvalue weighted by atomic mass is 10.1. The third kappa shape index (κ3) is 4.55. The number of aryl methyl sites for hydroxylation is 2. The van der Waals surface area contributed by atoms with E-state index in [-0.39, 0.29) is 11.2 Å². The van der Waals surface area contributed by atoms with Gasteiger partial charge in [0, 0.05) is 17.8 Å². The van der Waals surface area contributed by atoms with Gasteiger partial charge in [-0.3, -0.25) is 4.79 Å². The van der Waals surface area contributed by atoms with Crippen molar-refractivity contribution >= 4 is 23.4 Å². The highest BCUT2D eigenvalue weighted by molar-refractivity contribution is 8.00. The Morgan fingerprint density at radius 3 is 2.54 bits per heavy atom. The summed E-state index contributed by atoms with van der Waals surface area (Å²) >= 11 is 1.44. The molecule has 2 aromatic carbocycles. The van der Waals surface area contributed by atoms with E-state index in [0.717, 1.165) is 34.2 Å². The number of aromatic amines is 1. The van der Waals surface area contributed by atoms with Crippen LogP contribution in [-0.4, -0.2) is 21.1 Å². The highest BCUT2D eigenvalue weighted by Gasteiger charge is 2.18. The van der Waals surface area contributed by atoms with Gasteiger partial charge in [0.2, 0.25) is 5.91 Å². The Labute approximate surface area is 158 Å². The summed E-state index contributed by atoms with van der Waals surface area (Å²) in [6.07, 6.45) is 0.785. The molecule has 0 radical (unpaired) electrons. The van der Waals surface area contributed by atoms with E-state index >= 15 is 0 Å². The lowest BCUT2D eigenvalue weighted by Crippen LogP contribution is -2.22. The monoisotopic (exact) mass is 365 g/mol. The van der Waals surface area contributed by atoms with E-state index in [1.807, 2.05) is 63.2 Å². The number of para-hydroxylation sites is 1. The maximum Gasteiger partial charge on any atom is 0.237 e. The topological polar surface area (TPSA) is 57.8 Å². The van der Waals surface area contributed by atoms with Crippen LogP contribution in [0.3, 0.4) is 0 Å². The van der Waals surface area contributed by atoms with Crippen molar-refractivity contribution in [2.24, 2.45) is 0 Å². The molecule has 1 amide bonds. The van der Waals surface area contributed by atoms with Crippen LogP contribution in [0, 0.1) is 13.8 Å². The van der Waals surface area contributed by atoms with E-state index in [1.54, 1.807) is 0 Å². The van der Waals surface area contributed by atoms with Crippen LogP contribution in [0.4, 0.5) is 5.69 Å². The minimum atomic E-state index is -0.246. The molecule has 0 unspecified atom stereocenters. The lowest BCUT2D eigenvalue weighted by molar-refractivity contribution is -0.115. The first-order valence-electron chi connectivity index (χ1n) is 8.65. The second-order valence-corrected chi connectivity index (χ2v) is 7.67. The van der Waals surface area contributed by atoms with Gasteiger partial charge in [0.05, 0.1) is 10.9 Å². The van der Waals surface area contributed by atoms with E-state index in [9.17, 15) is 4.79 Å². The summed E-state index contributed by atoms with van der Waals surface area (Å²) in [5.41, 5.74) is 5.19. The summed E-state index contributed by atoms with van der Waals surface area (Å²) in [5.74, 6) is -0.0250. The first-order valence-corrected chi connectivity index (χ1v) is 9.53. The molecule has 0 saturated heterocycles. The van der Waals surface area contributed by atoms with E-state index in [4.69, 9.17) is 0 Å². The van der Waals surface area contributed by atoms with Gasteiger partial charge in [0.1, 0.15) is 0 Å². The average Bonchev–Trinajstić information content (AvgIpc) is 2.96. The number of aromatic nitrogens is 2. The minimum absolute atomic E-state index is 0.0250. The Morgan fingerprint density at radius 2 is 1.81 bits per heavy atom. The molecule has 3 aromatic rings. The molecule has 0 saturated carbocycles. The van der Waals surface area contributed by atoms with Gasteiger partial charge in [0.25, 0.3) is 0 Å². The normalized spacial score (nSPS) is 12.0. The van der Waals surface area contributed by atoms with E-state index in [2.05, 4.69) is 27.4 Å². The second-order valence-electron chi connectivity index (χ2n) is 6.34. The van der Waals surface area contributed by atoms with Crippen molar-refractivity contribution in [2.75, 3.05) is 5.32 Å². The molecular formula is C21H23N3OS. The van der Waals surface area contributed by atoms with Crippen LogP contribution < -0.4 is 5.32 Å². The van der Waals surface area contributed by atoms with Gasteiger partial charge in [-0.1, -0.05) is 60.3 Å². The number of carbonyl (C=O) groups is 1. The third-order valence-electron chi connectivity index (χ3n) is 4.24. The Hall–Kier alpha value is -2.53. The summed E-state index contributed by atoms with van der Waals surface area (Å²) in [6.45, 7) is 5.90. The second kappa shape index (κ2) is 8.23. The van der Waals surface area contributed by atoms with E-state index in [0.29, 0.717) is 0 Å². The van der Waals surface area contributed by atoms with Gasteiger partial charge in [-0.05, 0) is 38.0 Å². The molecule has 0 aliphatic heterocycles. The van der Waals surface area contributed by atoms with Crippen molar-refractivity contribution in [1.82, 2.24) is 9.97 Å². The van der Waals surface area contributed by atoms with Crippen LogP contribution in [0.15, 0.2) is 59.8 Å². The van der Waals surface area contributed by atoms with Crippen molar-refractivity contribution in [3.63, 3.8) is 0 Å². The summed E-state index contributed by atoms with van der Waals surface area (Å²) in [4.78, 5) is 20.5. The standard InChI is InChI=1S/C21H23N3OS/c1-14-9-7-8-12-18(14)23-20(25)16(3)26-21-22-15(2)19(24-21)13-17-10-5-4-6-11-17/h4-12,16H,13H2,1-3H3,(H,22,24)(H,23,25)/t16-/m1/s1. The SMILES string of the molecule is Cc1ccccc1NC(=O)[C@@H](C)Sc1nc(Cc2ccccc2)c(C)[nH]1. The van der Waals surface area contributed by atoms with Gasteiger partial charge in [0.15, 0.2) is 5.16 Å². The summed E-state index contributed by atoms with van der Waals surface area (Å²) in [6, 6.07) is 18.1. The van der Waals surface area contributed by atoms with Gasteiger partial charge >= 0.3 is 0 Å². The van der Waals surface area contributed by atoms with Crippen LogP contribution in [0.1, 0.15) is 29.4 Å². The number of anilines is 1. The summed E-state index contributed by atoms with van der Waals surface area (Å²) in [5, 5.41) is 3.52. The molecule has 2 N–H and O–H groups in total. The van der Waals surface area contributed by atoms with Crippen molar-refractivity contribution in [2.45, 2.75) is 37.6 Å². The fourth-order valence-corrected chi connectivity index (χ4v) is 3.53. The molecule has 0 bridgehead atoms. The molecule has 1 aromatic heterocycles. The lowest BCUT2D eigenvalue weighted by Gasteiger charge is -2.12. The van der Waals surface area contributed by atoms with Gasteiger partial charge < -0.3 is 10.3 Å². The zero-order valence-electron chi connectivity index (χ0n) is 15.2. The molecule has 5 heteroatoms. The molecule has 0 aliphatic carbocycles. The number of thioether (sulfide) groups is 1. The smallest absolute Gasteiger partial charge is 0.237 e. The Balaban J connectivity index is 1.64. The summed E-state index contributed by atoms with van der Waals surface area (Å²) in [7, 11) is 0. The van der Waals surface area contributed by atoms with Crippen molar-refractivity contribution in [3.8, 4) is 0 Å². The highest BCUT2D eigenvalue weighted by Crippen LogP contribution is 2.24. The zero-order valence-corrected chi connectivity index (χ0v) is 16.1. The third-order valence-corrected chi connectivity index (χ3v) is 5.22. The Kier molecular flexibility index (Phi) is 5.78. The minimum Gasteiger partial charge on any atom is -0.337 e.